The highest BCUT2D eigenvalue weighted by Gasteiger charge is 2.27. The van der Waals surface area contributed by atoms with Gasteiger partial charge in [0.05, 0.1) is 12.6 Å². The van der Waals surface area contributed by atoms with Crippen molar-refractivity contribution in [3.8, 4) is 5.75 Å². The first-order chi connectivity index (χ1) is 9.99. The highest BCUT2D eigenvalue weighted by molar-refractivity contribution is 5.76. The van der Waals surface area contributed by atoms with Crippen LogP contribution in [-0.4, -0.2) is 12.5 Å². The number of nitrogens with one attached hydrogen (secondary N) is 1. The standard InChI is InChI=1S/C17H26N2O2/c1-5-14(18)12-9-13-15(19-16(20)6-2)7-8-21-17(13)11(4)10(12)3/h9,14-15H,5-8,18H2,1-4H3,(H,19,20). The van der Waals surface area contributed by atoms with Gasteiger partial charge >= 0.3 is 0 Å². The van der Waals surface area contributed by atoms with E-state index in [0.717, 1.165) is 35.3 Å². The normalized spacial score (nSPS) is 18.6. The summed E-state index contributed by atoms with van der Waals surface area (Å²) in [6.45, 7) is 8.77. The summed E-state index contributed by atoms with van der Waals surface area (Å²) in [5, 5.41) is 3.10. The van der Waals surface area contributed by atoms with Gasteiger partial charge in [-0.1, -0.05) is 13.8 Å². The van der Waals surface area contributed by atoms with Gasteiger partial charge in [-0.15, -0.1) is 0 Å². The van der Waals surface area contributed by atoms with Crippen LogP contribution in [0.1, 0.15) is 67.4 Å². The summed E-state index contributed by atoms with van der Waals surface area (Å²) in [5.41, 5.74) is 10.8. The molecule has 0 aromatic heterocycles. The maximum Gasteiger partial charge on any atom is 0.220 e. The summed E-state index contributed by atoms with van der Waals surface area (Å²) < 4.78 is 5.86. The molecule has 21 heavy (non-hydrogen) atoms. The van der Waals surface area contributed by atoms with Crippen LogP contribution >= 0.6 is 0 Å². The summed E-state index contributed by atoms with van der Waals surface area (Å²) in [6, 6.07) is 2.19. The molecule has 0 aliphatic carbocycles. The number of fused-ring (bicyclic) bond motifs is 1. The van der Waals surface area contributed by atoms with Crippen molar-refractivity contribution in [1.29, 1.82) is 0 Å². The molecule has 0 saturated heterocycles. The first kappa shape index (κ1) is 15.8. The van der Waals surface area contributed by atoms with E-state index in [-0.39, 0.29) is 18.0 Å². The van der Waals surface area contributed by atoms with Crippen LogP contribution in [0.15, 0.2) is 6.07 Å². The van der Waals surface area contributed by atoms with Crippen molar-refractivity contribution in [2.24, 2.45) is 5.73 Å². The van der Waals surface area contributed by atoms with Crippen LogP contribution in [0.25, 0.3) is 0 Å². The smallest absolute Gasteiger partial charge is 0.220 e. The van der Waals surface area contributed by atoms with E-state index in [1.165, 1.54) is 5.56 Å². The lowest BCUT2D eigenvalue weighted by molar-refractivity contribution is -0.121. The molecule has 116 valence electrons. The Bertz CT molecular complexity index is 540. The number of nitrogens with two attached hydrogens (primary N) is 1. The van der Waals surface area contributed by atoms with Crippen molar-refractivity contribution < 1.29 is 9.53 Å². The van der Waals surface area contributed by atoms with Gasteiger partial charge in [-0.25, -0.2) is 0 Å². The summed E-state index contributed by atoms with van der Waals surface area (Å²) in [6.07, 6.45) is 2.20. The Morgan fingerprint density at radius 3 is 2.76 bits per heavy atom. The van der Waals surface area contributed by atoms with Gasteiger partial charge in [-0.3, -0.25) is 4.79 Å². The molecule has 2 rings (SSSR count). The second-order valence-electron chi connectivity index (χ2n) is 5.76. The van der Waals surface area contributed by atoms with E-state index in [9.17, 15) is 4.79 Å². The topological polar surface area (TPSA) is 64.3 Å². The molecule has 2 unspecified atom stereocenters. The fraction of sp³-hybridized carbons (Fsp3) is 0.588. The molecule has 1 aliphatic heterocycles. The van der Waals surface area contributed by atoms with Gasteiger partial charge in [0, 0.05) is 24.4 Å². The van der Waals surface area contributed by atoms with Gasteiger partial charge in [0.25, 0.3) is 0 Å². The lowest BCUT2D eigenvalue weighted by Crippen LogP contribution is -2.32. The Labute approximate surface area is 127 Å². The van der Waals surface area contributed by atoms with Gasteiger partial charge in [-0.05, 0) is 43.0 Å². The van der Waals surface area contributed by atoms with Gasteiger partial charge in [-0.2, -0.15) is 0 Å². The maximum absolute atomic E-state index is 11.7. The molecule has 0 fully saturated rings. The first-order valence-corrected chi connectivity index (χ1v) is 7.81. The number of carbonyl (C=O) groups excluding carboxylic acids is 1. The van der Waals surface area contributed by atoms with Gasteiger partial charge in [0.15, 0.2) is 0 Å². The van der Waals surface area contributed by atoms with E-state index in [2.05, 4.69) is 32.2 Å². The lowest BCUT2D eigenvalue weighted by atomic mass is 9.88. The van der Waals surface area contributed by atoms with Crippen LogP contribution in [0.4, 0.5) is 0 Å². The SMILES string of the molecule is CCC(=O)NC1CCOc2c1cc(C(N)CC)c(C)c2C. The number of ether oxygens (including phenoxy) is 1. The fourth-order valence-electron chi connectivity index (χ4n) is 2.88. The van der Waals surface area contributed by atoms with Gasteiger partial charge in [0.2, 0.25) is 5.91 Å². The minimum atomic E-state index is 0.0263. The Balaban J connectivity index is 2.47. The summed E-state index contributed by atoms with van der Waals surface area (Å²) in [5.74, 6) is 1.000. The number of benzene rings is 1. The molecule has 4 nitrogen and oxygen atoms in total. The molecule has 2 atom stereocenters. The van der Waals surface area contributed by atoms with Crippen LogP contribution in [0, 0.1) is 13.8 Å². The van der Waals surface area contributed by atoms with Crippen molar-refractivity contribution in [3.05, 3.63) is 28.3 Å². The van der Waals surface area contributed by atoms with Crippen molar-refractivity contribution in [3.63, 3.8) is 0 Å². The summed E-state index contributed by atoms with van der Waals surface area (Å²) >= 11 is 0. The molecule has 1 aliphatic rings. The largest absolute Gasteiger partial charge is 0.493 e. The Hall–Kier alpha value is -1.55. The molecular weight excluding hydrogens is 264 g/mol. The second-order valence-corrected chi connectivity index (χ2v) is 5.76. The van der Waals surface area contributed by atoms with E-state index in [4.69, 9.17) is 10.5 Å². The zero-order valence-corrected chi connectivity index (χ0v) is 13.5. The molecule has 4 heteroatoms. The van der Waals surface area contributed by atoms with E-state index in [0.29, 0.717) is 13.0 Å². The van der Waals surface area contributed by atoms with Crippen LogP contribution in [0.2, 0.25) is 0 Å². The predicted molar refractivity (Wildman–Crippen MR) is 84.4 cm³/mol. The zero-order valence-electron chi connectivity index (χ0n) is 13.5. The van der Waals surface area contributed by atoms with Crippen LogP contribution in [0.5, 0.6) is 5.75 Å². The van der Waals surface area contributed by atoms with E-state index < -0.39 is 0 Å². The van der Waals surface area contributed by atoms with Crippen molar-refractivity contribution >= 4 is 5.91 Å². The highest BCUT2D eigenvalue weighted by atomic mass is 16.5. The third-order valence-electron chi connectivity index (χ3n) is 4.43. The van der Waals surface area contributed by atoms with Gasteiger partial charge in [0.1, 0.15) is 5.75 Å². The monoisotopic (exact) mass is 290 g/mol. The molecule has 1 aromatic rings. The fourth-order valence-corrected chi connectivity index (χ4v) is 2.88. The van der Waals surface area contributed by atoms with E-state index >= 15 is 0 Å². The average molecular weight is 290 g/mol. The van der Waals surface area contributed by atoms with Crippen molar-refractivity contribution in [2.45, 2.75) is 59.0 Å². The Morgan fingerprint density at radius 2 is 2.14 bits per heavy atom. The maximum atomic E-state index is 11.7. The quantitative estimate of drug-likeness (QED) is 0.895. The molecule has 0 radical (unpaired) electrons. The molecular formula is C17H26N2O2. The first-order valence-electron chi connectivity index (χ1n) is 7.81. The third kappa shape index (κ3) is 3.05. The van der Waals surface area contributed by atoms with E-state index in [1.807, 2.05) is 6.92 Å². The number of hydrogen-bond donors (Lipinski definition) is 2. The highest BCUT2D eigenvalue weighted by Crippen LogP contribution is 2.39. The number of rotatable bonds is 4. The van der Waals surface area contributed by atoms with Crippen molar-refractivity contribution in [2.75, 3.05) is 6.61 Å². The summed E-state index contributed by atoms with van der Waals surface area (Å²) in [7, 11) is 0. The lowest BCUT2D eigenvalue weighted by Gasteiger charge is -2.30. The number of amides is 1. The second kappa shape index (κ2) is 6.48. The minimum Gasteiger partial charge on any atom is -0.493 e. The average Bonchev–Trinajstić information content (AvgIpc) is 2.50. The van der Waals surface area contributed by atoms with Gasteiger partial charge < -0.3 is 15.8 Å². The molecule has 1 heterocycles. The molecule has 0 bridgehead atoms. The number of carbonyl (C=O) groups is 1. The predicted octanol–water partition coefficient (Wildman–Crippen LogP) is 3.06. The Kier molecular flexibility index (Phi) is 4.88. The van der Waals surface area contributed by atoms with Crippen molar-refractivity contribution in [1.82, 2.24) is 5.32 Å². The van der Waals surface area contributed by atoms with Crippen LogP contribution < -0.4 is 15.8 Å². The molecule has 0 spiro atoms. The molecule has 3 N–H and O–H groups in total. The Morgan fingerprint density at radius 1 is 1.43 bits per heavy atom. The van der Waals surface area contributed by atoms with Crippen LogP contribution in [-0.2, 0) is 4.79 Å². The van der Waals surface area contributed by atoms with E-state index in [1.54, 1.807) is 0 Å². The van der Waals surface area contributed by atoms with Crippen LogP contribution in [0.3, 0.4) is 0 Å². The minimum absolute atomic E-state index is 0.0263. The molecule has 1 aromatic carbocycles. The third-order valence-corrected chi connectivity index (χ3v) is 4.43. The summed E-state index contributed by atoms with van der Waals surface area (Å²) in [4.78, 5) is 11.7. The molecule has 0 saturated carbocycles. The number of hydrogen-bond acceptors (Lipinski definition) is 3. The molecule has 1 amide bonds. The zero-order chi connectivity index (χ0) is 15.6.